The molecule has 1 rings (SSSR count). The van der Waals surface area contributed by atoms with E-state index >= 15 is 0 Å². The van der Waals surface area contributed by atoms with Crippen molar-refractivity contribution in [3.05, 3.63) is 0 Å². The van der Waals surface area contributed by atoms with Crippen molar-refractivity contribution < 1.29 is 5.11 Å². The molecule has 0 saturated carbocycles. The molecule has 2 nitrogen and oxygen atoms in total. The van der Waals surface area contributed by atoms with E-state index in [1.165, 1.54) is 25.0 Å². The monoisotopic (exact) mass is 197 g/mol. The Morgan fingerprint density at radius 3 is 2.79 bits per heavy atom. The van der Waals surface area contributed by atoms with E-state index < -0.39 is 5.72 Å². The lowest BCUT2D eigenvalue weighted by molar-refractivity contribution is 0.0304. The Hall–Kier alpha value is -0.370. The number of hydrogen-bond donors (Lipinski definition) is 1. The lowest BCUT2D eigenvalue weighted by atomic mass is 9.95. The quantitative estimate of drug-likeness (QED) is 0.674. The van der Waals surface area contributed by atoms with Gasteiger partial charge in [0.2, 0.25) is 0 Å². The van der Waals surface area contributed by atoms with Gasteiger partial charge in [0.1, 0.15) is 0 Å². The van der Waals surface area contributed by atoms with Crippen molar-refractivity contribution in [3.63, 3.8) is 0 Å². The van der Waals surface area contributed by atoms with E-state index in [0.717, 1.165) is 32.1 Å². The largest absolute Gasteiger partial charge is 0.369 e. The summed E-state index contributed by atoms with van der Waals surface area (Å²) in [6.07, 6.45) is 8.67. The first-order valence-electron chi connectivity index (χ1n) is 6.00. The fraction of sp³-hybridized carbons (Fsp3) is 0.917. The van der Waals surface area contributed by atoms with E-state index in [0.29, 0.717) is 0 Å². The van der Waals surface area contributed by atoms with E-state index in [1.54, 1.807) is 0 Å². The molecule has 0 aliphatic carbocycles. The second kappa shape index (κ2) is 5.50. The van der Waals surface area contributed by atoms with Gasteiger partial charge in [-0.2, -0.15) is 0 Å². The molecule has 0 aromatic carbocycles. The molecule has 0 bridgehead atoms. The van der Waals surface area contributed by atoms with Crippen LogP contribution < -0.4 is 0 Å². The maximum atomic E-state index is 10.0. The van der Waals surface area contributed by atoms with Gasteiger partial charge in [-0.15, -0.1) is 0 Å². The molecule has 1 heterocycles. The molecule has 1 aliphatic heterocycles. The van der Waals surface area contributed by atoms with E-state index in [1.807, 2.05) is 6.92 Å². The molecule has 1 aliphatic rings. The molecule has 1 unspecified atom stereocenters. The number of nitrogens with zero attached hydrogens (tertiary/aromatic N) is 1. The van der Waals surface area contributed by atoms with E-state index in [-0.39, 0.29) is 0 Å². The molecule has 1 N–H and O–H groups in total. The van der Waals surface area contributed by atoms with Crippen molar-refractivity contribution in [1.82, 2.24) is 0 Å². The van der Waals surface area contributed by atoms with Crippen LogP contribution in [0.2, 0.25) is 0 Å². The van der Waals surface area contributed by atoms with Gasteiger partial charge in [-0.05, 0) is 38.5 Å². The summed E-state index contributed by atoms with van der Waals surface area (Å²) in [5.41, 5.74) is 0.522. The van der Waals surface area contributed by atoms with Crippen LogP contribution in [0.5, 0.6) is 0 Å². The third-order valence-corrected chi connectivity index (χ3v) is 3.04. The first-order valence-corrected chi connectivity index (χ1v) is 6.00. The molecule has 82 valence electrons. The molecule has 0 spiro atoms. The maximum Gasteiger partial charge on any atom is 0.155 e. The summed E-state index contributed by atoms with van der Waals surface area (Å²) >= 11 is 0. The summed E-state index contributed by atoms with van der Waals surface area (Å²) in [6.45, 7) is 4.23. The summed E-state index contributed by atoms with van der Waals surface area (Å²) in [5, 5.41) is 10.0. The Bertz CT molecular complexity index is 200. The van der Waals surface area contributed by atoms with Crippen LogP contribution >= 0.6 is 0 Å². The molecule has 0 fully saturated rings. The Morgan fingerprint density at radius 2 is 2.14 bits per heavy atom. The molecule has 1 atom stereocenters. The van der Waals surface area contributed by atoms with Gasteiger partial charge in [-0.25, -0.2) is 0 Å². The molecular weight excluding hydrogens is 174 g/mol. The fourth-order valence-electron chi connectivity index (χ4n) is 2.00. The van der Waals surface area contributed by atoms with Gasteiger partial charge in [-0.3, -0.25) is 4.99 Å². The predicted molar refractivity (Wildman–Crippen MR) is 60.7 cm³/mol. The van der Waals surface area contributed by atoms with Crippen LogP contribution in [0.15, 0.2) is 4.99 Å². The highest BCUT2D eigenvalue weighted by atomic mass is 16.3. The Labute approximate surface area is 87.4 Å². The molecule has 0 saturated heterocycles. The van der Waals surface area contributed by atoms with Crippen molar-refractivity contribution in [2.24, 2.45) is 4.99 Å². The lowest BCUT2D eigenvalue weighted by Gasteiger charge is -2.28. The number of aliphatic imine (C=N–C) groups is 1. The van der Waals surface area contributed by atoms with E-state index in [9.17, 15) is 5.11 Å². The van der Waals surface area contributed by atoms with Crippen molar-refractivity contribution in [1.29, 1.82) is 0 Å². The van der Waals surface area contributed by atoms with Crippen LogP contribution in [0.1, 0.15) is 65.2 Å². The Kier molecular flexibility index (Phi) is 4.59. The van der Waals surface area contributed by atoms with Crippen LogP contribution in [-0.2, 0) is 0 Å². The van der Waals surface area contributed by atoms with Crippen LogP contribution in [0, 0.1) is 0 Å². The third kappa shape index (κ3) is 3.41. The zero-order chi connectivity index (χ0) is 10.4. The minimum Gasteiger partial charge on any atom is -0.369 e. The fourth-order valence-corrected chi connectivity index (χ4v) is 2.00. The molecule has 2 heteroatoms. The van der Waals surface area contributed by atoms with Gasteiger partial charge < -0.3 is 5.11 Å². The van der Waals surface area contributed by atoms with Gasteiger partial charge in [0.15, 0.2) is 5.72 Å². The van der Waals surface area contributed by atoms with Crippen molar-refractivity contribution in [3.8, 4) is 0 Å². The topological polar surface area (TPSA) is 32.6 Å². The number of rotatable bonds is 5. The highest BCUT2D eigenvalue weighted by Gasteiger charge is 2.26. The molecule has 0 aromatic heterocycles. The highest BCUT2D eigenvalue weighted by molar-refractivity contribution is 5.85. The standard InChI is InChI=1S/C12H23NO/c1-3-5-6-8-11-9-7-10-12(14,4-2)13-11/h14H,3-10H2,1-2H3. The molecule has 0 radical (unpaired) electrons. The minimum absolute atomic E-state index is 0.722. The van der Waals surface area contributed by atoms with Crippen LogP contribution in [0.25, 0.3) is 0 Å². The normalized spacial score (nSPS) is 27.5. The predicted octanol–water partition coefficient (Wildman–Crippen LogP) is 3.29. The highest BCUT2D eigenvalue weighted by Crippen LogP contribution is 2.26. The minimum atomic E-state index is -0.722. The maximum absolute atomic E-state index is 10.0. The van der Waals surface area contributed by atoms with Gasteiger partial charge >= 0.3 is 0 Å². The second-order valence-corrected chi connectivity index (χ2v) is 4.32. The summed E-state index contributed by atoms with van der Waals surface area (Å²) in [6, 6.07) is 0. The van der Waals surface area contributed by atoms with Crippen molar-refractivity contribution in [2.75, 3.05) is 0 Å². The Balaban J connectivity index is 2.43. The third-order valence-electron chi connectivity index (χ3n) is 3.04. The van der Waals surface area contributed by atoms with Gasteiger partial charge in [0.25, 0.3) is 0 Å². The van der Waals surface area contributed by atoms with Gasteiger partial charge in [-0.1, -0.05) is 26.7 Å². The van der Waals surface area contributed by atoms with E-state index in [4.69, 9.17) is 0 Å². The smallest absolute Gasteiger partial charge is 0.155 e. The van der Waals surface area contributed by atoms with Crippen LogP contribution in [0.3, 0.4) is 0 Å². The van der Waals surface area contributed by atoms with E-state index in [2.05, 4.69) is 11.9 Å². The molecule has 14 heavy (non-hydrogen) atoms. The average Bonchev–Trinajstić information content (AvgIpc) is 2.19. The van der Waals surface area contributed by atoms with Crippen molar-refractivity contribution >= 4 is 5.71 Å². The first-order chi connectivity index (χ1) is 6.70. The molecular formula is C12H23NO. The summed E-state index contributed by atoms with van der Waals surface area (Å²) in [5.74, 6) is 0. The zero-order valence-corrected chi connectivity index (χ0v) is 9.55. The molecule has 0 amide bonds. The number of unbranched alkanes of at least 4 members (excludes halogenated alkanes) is 2. The van der Waals surface area contributed by atoms with Crippen molar-refractivity contribution in [2.45, 2.75) is 70.9 Å². The summed E-state index contributed by atoms with van der Waals surface area (Å²) in [7, 11) is 0. The number of hydrogen-bond acceptors (Lipinski definition) is 2. The summed E-state index contributed by atoms with van der Waals surface area (Å²) in [4.78, 5) is 4.48. The Morgan fingerprint density at radius 1 is 1.36 bits per heavy atom. The van der Waals surface area contributed by atoms with Gasteiger partial charge in [0.05, 0.1) is 0 Å². The van der Waals surface area contributed by atoms with Crippen LogP contribution in [0.4, 0.5) is 0 Å². The number of aliphatic hydroxyl groups is 1. The second-order valence-electron chi connectivity index (χ2n) is 4.32. The lowest BCUT2D eigenvalue weighted by Crippen LogP contribution is -2.30. The molecule has 0 aromatic rings. The zero-order valence-electron chi connectivity index (χ0n) is 9.55. The van der Waals surface area contributed by atoms with Crippen LogP contribution in [-0.4, -0.2) is 16.5 Å². The first kappa shape index (κ1) is 11.7. The SMILES string of the molecule is CCCCCC1=NC(O)(CC)CCC1. The van der Waals surface area contributed by atoms with Gasteiger partial charge in [0, 0.05) is 5.71 Å². The average molecular weight is 197 g/mol. The summed E-state index contributed by atoms with van der Waals surface area (Å²) < 4.78 is 0.